The molecule has 11 heteroatoms. The fourth-order valence-corrected chi connectivity index (χ4v) is 3.73. The molecule has 10 nitrogen and oxygen atoms in total. The van der Waals surface area contributed by atoms with Gasteiger partial charge in [0.05, 0.1) is 35.2 Å². The number of esters is 1. The summed E-state index contributed by atoms with van der Waals surface area (Å²) in [7, 11) is -3.99. The number of carbonyl (C=O) groups is 2. The summed E-state index contributed by atoms with van der Waals surface area (Å²) < 4.78 is 31.9. The number of nitrogens with one attached hydrogen (secondary N) is 2. The lowest BCUT2D eigenvalue weighted by molar-refractivity contribution is -0.147. The van der Waals surface area contributed by atoms with Gasteiger partial charge in [-0.05, 0) is 48.9 Å². The molecular weight excluding hydrogens is 434 g/mol. The van der Waals surface area contributed by atoms with Gasteiger partial charge in [-0.1, -0.05) is 12.1 Å². The zero-order chi connectivity index (χ0) is 23.7. The molecule has 0 radical (unpaired) electrons. The van der Waals surface area contributed by atoms with Crippen molar-refractivity contribution < 1.29 is 28.2 Å². The van der Waals surface area contributed by atoms with E-state index in [-0.39, 0.29) is 23.8 Å². The Hall–Kier alpha value is -3.75. The number of ether oxygens (including phenoxy) is 1. The predicted octanol–water partition coefficient (Wildman–Crippen LogP) is -1.41. The quantitative estimate of drug-likeness (QED) is 0.192. The molecule has 0 aliphatic carbocycles. The number of sulfonamides is 1. The van der Waals surface area contributed by atoms with E-state index in [1.165, 1.54) is 24.3 Å². The smallest absolute Gasteiger partial charge is 0.328 e. The first-order valence-corrected chi connectivity index (χ1v) is 11.1. The van der Waals surface area contributed by atoms with Crippen LogP contribution in [-0.2, 0) is 30.8 Å². The van der Waals surface area contributed by atoms with Crippen molar-refractivity contribution in [3.05, 3.63) is 65.2 Å². The van der Waals surface area contributed by atoms with Crippen molar-refractivity contribution in [2.24, 2.45) is 5.73 Å². The average Bonchev–Trinajstić information content (AvgIpc) is 2.77. The van der Waals surface area contributed by atoms with Gasteiger partial charge in [-0.3, -0.25) is 15.9 Å². The standard InChI is InChI=1S/C21H23N5O5S/c1-2-31-21(28)18(11-15-4-3-5-16(10-15)20(23)24)26-19(27)13-25-32(29,30)17-8-6-14(12-22)7-9-17/h3-10,18,25H,2,11,13H2,1H3,(H3,23,24)(H,26,27)/p+1. The van der Waals surface area contributed by atoms with Crippen LogP contribution in [0.1, 0.15) is 23.6 Å². The molecule has 32 heavy (non-hydrogen) atoms. The molecule has 0 aliphatic rings. The minimum atomic E-state index is -3.99. The molecule has 0 bridgehead atoms. The van der Waals surface area contributed by atoms with Crippen molar-refractivity contribution in [1.29, 1.82) is 5.26 Å². The van der Waals surface area contributed by atoms with Crippen molar-refractivity contribution >= 4 is 27.7 Å². The number of rotatable bonds is 10. The molecule has 0 heterocycles. The molecular formula is C21H24N5O5S+. The van der Waals surface area contributed by atoms with Crippen LogP contribution in [0.5, 0.6) is 0 Å². The van der Waals surface area contributed by atoms with Gasteiger partial charge in [-0.15, -0.1) is 0 Å². The minimum Gasteiger partial charge on any atom is -0.464 e. The predicted molar refractivity (Wildman–Crippen MR) is 115 cm³/mol. The lowest BCUT2D eigenvalue weighted by Crippen LogP contribution is -2.47. The van der Waals surface area contributed by atoms with Crippen molar-refractivity contribution in [2.75, 3.05) is 13.2 Å². The largest absolute Gasteiger partial charge is 0.464 e. The van der Waals surface area contributed by atoms with E-state index < -0.39 is 34.5 Å². The van der Waals surface area contributed by atoms with Crippen LogP contribution < -0.4 is 21.2 Å². The minimum absolute atomic E-state index is 0.0913. The Morgan fingerprint density at radius 1 is 1.22 bits per heavy atom. The van der Waals surface area contributed by atoms with E-state index in [4.69, 9.17) is 21.1 Å². The number of carbonyl (C=O) groups excluding carboxylic acids is 2. The Morgan fingerprint density at radius 2 is 1.91 bits per heavy atom. The van der Waals surface area contributed by atoms with Crippen LogP contribution in [0.2, 0.25) is 0 Å². The van der Waals surface area contributed by atoms with Crippen molar-refractivity contribution in [1.82, 2.24) is 10.0 Å². The van der Waals surface area contributed by atoms with E-state index >= 15 is 0 Å². The molecule has 0 fully saturated rings. The normalized spacial score (nSPS) is 11.8. The fourth-order valence-electron chi connectivity index (χ4n) is 2.75. The molecule has 6 N–H and O–H groups in total. The molecule has 0 aromatic heterocycles. The SMILES string of the molecule is CCOC(=O)C(Cc1cccc(C(N)=[NH2+])c1)NC(=O)CNS(=O)(=O)c1ccc(C#N)cc1. The molecule has 1 amide bonds. The number of hydrogen-bond donors (Lipinski definition) is 4. The first kappa shape index (κ1) is 24.5. The van der Waals surface area contributed by atoms with Crippen LogP contribution in [0.3, 0.4) is 0 Å². The van der Waals surface area contributed by atoms with Gasteiger partial charge in [0.2, 0.25) is 15.9 Å². The highest BCUT2D eigenvalue weighted by molar-refractivity contribution is 7.89. The number of amidine groups is 1. The van der Waals surface area contributed by atoms with Gasteiger partial charge in [-0.25, -0.2) is 17.9 Å². The third kappa shape index (κ3) is 6.90. The Kier molecular flexibility index (Phi) is 8.46. The van der Waals surface area contributed by atoms with E-state index in [9.17, 15) is 18.0 Å². The third-order valence-corrected chi connectivity index (χ3v) is 5.74. The van der Waals surface area contributed by atoms with E-state index in [0.717, 1.165) is 0 Å². The Bertz CT molecular complexity index is 1140. The molecule has 1 unspecified atom stereocenters. The topological polar surface area (TPSA) is 177 Å². The van der Waals surface area contributed by atoms with Gasteiger partial charge in [0.1, 0.15) is 6.04 Å². The summed E-state index contributed by atoms with van der Waals surface area (Å²) in [6.45, 7) is 1.15. The molecule has 0 aliphatic heterocycles. The summed E-state index contributed by atoms with van der Waals surface area (Å²) in [4.78, 5) is 24.6. The fraction of sp³-hybridized carbons (Fsp3) is 0.238. The highest BCUT2D eigenvalue weighted by Crippen LogP contribution is 2.10. The second-order valence-electron chi connectivity index (χ2n) is 6.69. The van der Waals surface area contributed by atoms with E-state index in [0.29, 0.717) is 16.7 Å². The molecule has 168 valence electrons. The number of nitrogens with two attached hydrogens (primary N) is 2. The third-order valence-electron chi connectivity index (χ3n) is 4.32. The lowest BCUT2D eigenvalue weighted by atomic mass is 10.0. The molecule has 1 atom stereocenters. The van der Waals surface area contributed by atoms with Gasteiger partial charge in [0.15, 0.2) is 0 Å². The van der Waals surface area contributed by atoms with E-state index in [2.05, 4.69) is 10.0 Å². The highest BCUT2D eigenvalue weighted by Gasteiger charge is 2.24. The number of nitrogens with zero attached hydrogens (tertiary/aromatic N) is 1. The second-order valence-corrected chi connectivity index (χ2v) is 8.46. The molecule has 0 saturated heterocycles. The maximum absolute atomic E-state index is 12.4. The number of nitriles is 1. The monoisotopic (exact) mass is 458 g/mol. The number of amides is 1. The van der Waals surface area contributed by atoms with Crippen molar-refractivity contribution in [2.45, 2.75) is 24.3 Å². The van der Waals surface area contributed by atoms with Gasteiger partial charge in [0.25, 0.3) is 5.84 Å². The first-order valence-electron chi connectivity index (χ1n) is 9.59. The van der Waals surface area contributed by atoms with Crippen molar-refractivity contribution in [3.8, 4) is 6.07 Å². The zero-order valence-corrected chi connectivity index (χ0v) is 18.2. The summed E-state index contributed by atoms with van der Waals surface area (Å²) >= 11 is 0. The second kappa shape index (κ2) is 11.0. The molecule has 0 saturated carbocycles. The van der Waals surface area contributed by atoms with Gasteiger partial charge < -0.3 is 10.1 Å². The first-order chi connectivity index (χ1) is 15.2. The average molecular weight is 459 g/mol. The van der Waals surface area contributed by atoms with Crippen LogP contribution in [0, 0.1) is 11.3 Å². The summed E-state index contributed by atoms with van der Waals surface area (Å²) in [5.41, 5.74) is 7.15. The molecule has 2 aromatic carbocycles. The Balaban J connectivity index is 2.07. The lowest BCUT2D eigenvalue weighted by Gasteiger charge is -2.18. The van der Waals surface area contributed by atoms with Crippen LogP contribution in [0.4, 0.5) is 0 Å². The number of hydrogen-bond acceptors (Lipinski definition) is 6. The molecule has 2 rings (SSSR count). The zero-order valence-electron chi connectivity index (χ0n) is 17.4. The maximum Gasteiger partial charge on any atom is 0.328 e. The van der Waals surface area contributed by atoms with Gasteiger partial charge >= 0.3 is 5.97 Å². The number of benzene rings is 2. The van der Waals surface area contributed by atoms with E-state index in [1.807, 2.05) is 6.07 Å². The van der Waals surface area contributed by atoms with Crippen LogP contribution in [-0.4, -0.2) is 45.3 Å². The Labute approximate surface area is 185 Å². The Morgan fingerprint density at radius 3 is 2.50 bits per heavy atom. The van der Waals surface area contributed by atoms with Crippen LogP contribution in [0.15, 0.2) is 53.4 Å². The molecule has 0 spiro atoms. The van der Waals surface area contributed by atoms with Gasteiger partial charge in [0, 0.05) is 6.42 Å². The highest BCUT2D eigenvalue weighted by atomic mass is 32.2. The maximum atomic E-state index is 12.4. The van der Waals surface area contributed by atoms with E-state index in [1.54, 1.807) is 31.2 Å². The summed E-state index contributed by atoms with van der Waals surface area (Å²) in [6, 6.07) is 12.9. The van der Waals surface area contributed by atoms with Crippen LogP contribution in [0.25, 0.3) is 0 Å². The summed E-state index contributed by atoms with van der Waals surface area (Å²) in [5.74, 6) is -1.27. The van der Waals surface area contributed by atoms with Gasteiger partial charge in [-0.2, -0.15) is 5.26 Å². The summed E-state index contributed by atoms with van der Waals surface area (Å²) in [5, 5.41) is 16.9. The van der Waals surface area contributed by atoms with Crippen molar-refractivity contribution in [3.63, 3.8) is 0 Å². The molecule has 2 aromatic rings. The summed E-state index contributed by atoms with van der Waals surface area (Å²) in [6.07, 6.45) is 0.0913. The van der Waals surface area contributed by atoms with Crippen LogP contribution >= 0.6 is 0 Å².